The lowest BCUT2D eigenvalue weighted by Crippen LogP contribution is -2.28. The largest absolute Gasteiger partial charge is 0.399 e. The number of benzene rings is 1. The first kappa shape index (κ1) is 13.2. The second-order valence-corrected chi connectivity index (χ2v) is 5.48. The SMILES string of the molecule is C=CS(=O)(=O)CCNC(=O)c1ccc(N)cc1. The molecule has 1 amide bonds. The van der Waals surface area contributed by atoms with E-state index in [1.807, 2.05) is 0 Å². The highest BCUT2D eigenvalue weighted by Crippen LogP contribution is 2.04. The van der Waals surface area contributed by atoms with Gasteiger partial charge in [-0.2, -0.15) is 0 Å². The van der Waals surface area contributed by atoms with Crippen molar-refractivity contribution in [1.29, 1.82) is 0 Å². The van der Waals surface area contributed by atoms with E-state index in [0.29, 0.717) is 11.3 Å². The van der Waals surface area contributed by atoms with Gasteiger partial charge in [0, 0.05) is 23.2 Å². The van der Waals surface area contributed by atoms with E-state index in [9.17, 15) is 13.2 Å². The van der Waals surface area contributed by atoms with E-state index in [4.69, 9.17) is 5.73 Å². The van der Waals surface area contributed by atoms with Crippen LogP contribution in [0.25, 0.3) is 0 Å². The molecule has 0 unspecified atom stereocenters. The number of hydrogen-bond donors (Lipinski definition) is 2. The molecule has 6 heteroatoms. The van der Waals surface area contributed by atoms with Crippen molar-refractivity contribution in [2.75, 3.05) is 18.0 Å². The van der Waals surface area contributed by atoms with Crippen LogP contribution in [0.15, 0.2) is 36.3 Å². The Morgan fingerprint density at radius 2 is 1.94 bits per heavy atom. The summed E-state index contributed by atoms with van der Waals surface area (Å²) in [7, 11) is -3.27. The highest BCUT2D eigenvalue weighted by atomic mass is 32.2. The van der Waals surface area contributed by atoms with Gasteiger partial charge in [0.2, 0.25) is 0 Å². The summed E-state index contributed by atoms with van der Waals surface area (Å²) in [6.07, 6.45) is 0. The summed E-state index contributed by atoms with van der Waals surface area (Å²) in [5.41, 5.74) is 6.49. The maximum Gasteiger partial charge on any atom is 0.251 e. The standard InChI is InChI=1S/C11H14N2O3S/c1-2-17(15,16)8-7-13-11(14)9-3-5-10(12)6-4-9/h2-6H,1,7-8,12H2,(H,13,14). The molecule has 0 saturated heterocycles. The Morgan fingerprint density at radius 3 is 2.47 bits per heavy atom. The maximum atomic E-state index is 11.6. The van der Waals surface area contributed by atoms with Crippen LogP contribution in [0.4, 0.5) is 5.69 Å². The minimum Gasteiger partial charge on any atom is -0.399 e. The Hall–Kier alpha value is -1.82. The Kier molecular flexibility index (Phi) is 4.28. The molecule has 5 nitrogen and oxygen atoms in total. The van der Waals surface area contributed by atoms with Gasteiger partial charge in [0.15, 0.2) is 9.84 Å². The molecule has 0 aliphatic carbocycles. The molecule has 0 spiro atoms. The first-order chi connectivity index (χ1) is 7.94. The van der Waals surface area contributed by atoms with Gasteiger partial charge in [-0.1, -0.05) is 6.58 Å². The Morgan fingerprint density at radius 1 is 1.35 bits per heavy atom. The van der Waals surface area contributed by atoms with Gasteiger partial charge in [-0.25, -0.2) is 8.42 Å². The predicted molar refractivity (Wildman–Crippen MR) is 67.2 cm³/mol. The van der Waals surface area contributed by atoms with Crippen LogP contribution >= 0.6 is 0 Å². The molecule has 0 fully saturated rings. The van der Waals surface area contributed by atoms with E-state index >= 15 is 0 Å². The third-order valence-electron chi connectivity index (χ3n) is 2.10. The summed E-state index contributed by atoms with van der Waals surface area (Å²) in [5.74, 6) is -0.485. The lowest BCUT2D eigenvalue weighted by atomic mass is 10.2. The van der Waals surface area contributed by atoms with E-state index in [1.165, 1.54) is 0 Å². The van der Waals surface area contributed by atoms with Gasteiger partial charge in [-0.15, -0.1) is 0 Å². The van der Waals surface area contributed by atoms with Crippen LogP contribution in [0, 0.1) is 0 Å². The fourth-order valence-corrected chi connectivity index (χ4v) is 1.68. The quantitative estimate of drug-likeness (QED) is 0.751. The van der Waals surface area contributed by atoms with E-state index in [-0.39, 0.29) is 18.2 Å². The lowest BCUT2D eigenvalue weighted by molar-refractivity contribution is 0.0956. The van der Waals surface area contributed by atoms with Crippen LogP contribution in [0.1, 0.15) is 10.4 Å². The Bertz CT molecular complexity index is 506. The first-order valence-electron chi connectivity index (χ1n) is 4.93. The van der Waals surface area contributed by atoms with Crippen LogP contribution < -0.4 is 11.1 Å². The predicted octanol–water partition coefficient (Wildman–Crippen LogP) is 0.557. The smallest absolute Gasteiger partial charge is 0.251 e. The topological polar surface area (TPSA) is 89.3 Å². The van der Waals surface area contributed by atoms with E-state index in [0.717, 1.165) is 5.41 Å². The second-order valence-electron chi connectivity index (χ2n) is 3.41. The monoisotopic (exact) mass is 254 g/mol. The minimum atomic E-state index is -3.27. The number of anilines is 1. The van der Waals surface area contributed by atoms with Gasteiger partial charge >= 0.3 is 0 Å². The summed E-state index contributed by atoms with van der Waals surface area (Å²) in [5, 5.41) is 3.38. The summed E-state index contributed by atoms with van der Waals surface area (Å²) in [6, 6.07) is 6.37. The van der Waals surface area contributed by atoms with Crippen LogP contribution in [-0.4, -0.2) is 26.6 Å². The van der Waals surface area contributed by atoms with Crippen LogP contribution in [0.2, 0.25) is 0 Å². The van der Waals surface area contributed by atoms with E-state index in [2.05, 4.69) is 11.9 Å². The third-order valence-corrected chi connectivity index (χ3v) is 3.38. The zero-order valence-corrected chi connectivity index (χ0v) is 10.0. The third kappa shape index (κ3) is 4.28. The number of amides is 1. The maximum absolute atomic E-state index is 11.6. The van der Waals surface area contributed by atoms with Crippen molar-refractivity contribution >= 4 is 21.4 Å². The molecule has 17 heavy (non-hydrogen) atoms. The molecule has 0 saturated carbocycles. The number of nitrogen functional groups attached to an aromatic ring is 1. The molecule has 0 atom stereocenters. The van der Waals surface area contributed by atoms with Crippen molar-refractivity contribution in [3.05, 3.63) is 41.8 Å². The second kappa shape index (κ2) is 5.49. The van der Waals surface area contributed by atoms with Gasteiger partial charge in [0.05, 0.1) is 5.75 Å². The highest BCUT2D eigenvalue weighted by Gasteiger charge is 2.08. The molecule has 0 heterocycles. The number of carbonyl (C=O) groups excluding carboxylic acids is 1. The summed E-state index contributed by atoms with van der Waals surface area (Å²) >= 11 is 0. The molecule has 0 aliphatic heterocycles. The lowest BCUT2D eigenvalue weighted by Gasteiger charge is -2.04. The van der Waals surface area contributed by atoms with Crippen molar-refractivity contribution in [3.8, 4) is 0 Å². The van der Waals surface area contributed by atoms with Crippen molar-refractivity contribution < 1.29 is 13.2 Å². The van der Waals surface area contributed by atoms with E-state index < -0.39 is 9.84 Å². The molecular weight excluding hydrogens is 240 g/mol. The number of hydrogen-bond acceptors (Lipinski definition) is 4. The molecule has 0 radical (unpaired) electrons. The normalized spacial score (nSPS) is 10.8. The van der Waals surface area contributed by atoms with Gasteiger partial charge in [-0.3, -0.25) is 4.79 Å². The number of nitrogens with one attached hydrogen (secondary N) is 1. The highest BCUT2D eigenvalue weighted by molar-refractivity contribution is 7.94. The van der Waals surface area contributed by atoms with Gasteiger partial charge in [0.25, 0.3) is 5.91 Å². The van der Waals surface area contributed by atoms with Crippen LogP contribution in [0.5, 0.6) is 0 Å². The van der Waals surface area contributed by atoms with Crippen molar-refractivity contribution in [3.63, 3.8) is 0 Å². The average molecular weight is 254 g/mol. The molecular formula is C11H14N2O3S. The molecule has 0 bridgehead atoms. The molecule has 0 aliphatic rings. The van der Waals surface area contributed by atoms with Crippen molar-refractivity contribution in [1.82, 2.24) is 5.32 Å². The fourth-order valence-electron chi connectivity index (χ4n) is 1.13. The van der Waals surface area contributed by atoms with Crippen LogP contribution in [0.3, 0.4) is 0 Å². The molecule has 1 aromatic rings. The van der Waals surface area contributed by atoms with E-state index in [1.54, 1.807) is 24.3 Å². The summed E-state index contributed by atoms with van der Waals surface area (Å²) in [6.45, 7) is 3.24. The number of sulfone groups is 1. The zero-order chi connectivity index (χ0) is 12.9. The molecule has 3 N–H and O–H groups in total. The zero-order valence-electron chi connectivity index (χ0n) is 9.22. The summed E-state index contributed by atoms with van der Waals surface area (Å²) < 4.78 is 22.2. The summed E-state index contributed by atoms with van der Waals surface area (Å²) in [4.78, 5) is 11.6. The number of nitrogens with two attached hydrogens (primary N) is 1. The van der Waals surface area contributed by atoms with Gasteiger partial charge < -0.3 is 11.1 Å². The molecule has 1 aromatic carbocycles. The molecule has 0 aromatic heterocycles. The first-order valence-corrected chi connectivity index (χ1v) is 6.65. The number of carbonyl (C=O) groups is 1. The Balaban J connectivity index is 2.51. The molecule has 1 rings (SSSR count). The number of rotatable bonds is 5. The average Bonchev–Trinajstić information content (AvgIpc) is 2.29. The van der Waals surface area contributed by atoms with Crippen molar-refractivity contribution in [2.45, 2.75) is 0 Å². The molecule has 92 valence electrons. The van der Waals surface area contributed by atoms with Crippen LogP contribution in [-0.2, 0) is 9.84 Å². The van der Waals surface area contributed by atoms with Crippen molar-refractivity contribution in [2.24, 2.45) is 0 Å². The van der Waals surface area contributed by atoms with Gasteiger partial charge in [-0.05, 0) is 24.3 Å². The Labute approximate surface area is 100 Å². The van der Waals surface area contributed by atoms with Gasteiger partial charge in [0.1, 0.15) is 0 Å². The fraction of sp³-hybridized carbons (Fsp3) is 0.182. The minimum absolute atomic E-state index is 0.0531.